The van der Waals surface area contributed by atoms with Crippen molar-refractivity contribution in [3.8, 4) is 12.1 Å². The van der Waals surface area contributed by atoms with Crippen molar-refractivity contribution < 1.29 is 4.92 Å². The van der Waals surface area contributed by atoms with Crippen LogP contribution in [0.25, 0.3) is 0 Å². The first-order valence-electron chi connectivity index (χ1n) is 5.70. The summed E-state index contributed by atoms with van der Waals surface area (Å²) in [6, 6.07) is 12.6. The summed E-state index contributed by atoms with van der Waals surface area (Å²) in [5.41, 5.74) is 1.08. The number of rotatable bonds is 3. The highest BCUT2D eigenvalue weighted by Crippen LogP contribution is 2.27. The van der Waals surface area contributed by atoms with E-state index in [1.54, 1.807) is 30.3 Å². The number of nitro benzene ring substituents is 1. The minimum Gasteiger partial charge on any atom is -0.355 e. The van der Waals surface area contributed by atoms with E-state index in [0.717, 1.165) is 0 Å². The Kier molecular flexibility index (Phi) is 4.03. The molecule has 0 spiro atoms. The number of anilines is 2. The molecule has 0 aromatic heterocycles. The third kappa shape index (κ3) is 3.08. The summed E-state index contributed by atoms with van der Waals surface area (Å²) >= 11 is 5.91. The number of nitrogens with one attached hydrogen (secondary N) is 1. The topological polar surface area (TPSA) is 103 Å². The van der Waals surface area contributed by atoms with Gasteiger partial charge in [0.05, 0.1) is 15.5 Å². The number of nitriles is 2. The Balaban J connectivity index is 2.35. The minimum atomic E-state index is -0.616. The van der Waals surface area contributed by atoms with Crippen molar-refractivity contribution >= 4 is 28.7 Å². The molecular weight excluding hydrogens is 292 g/mol. The number of nitro groups is 1. The molecule has 21 heavy (non-hydrogen) atoms. The quantitative estimate of drug-likeness (QED) is 0.687. The zero-order valence-corrected chi connectivity index (χ0v) is 11.3. The van der Waals surface area contributed by atoms with Crippen molar-refractivity contribution in [2.24, 2.45) is 0 Å². The second-order valence-corrected chi connectivity index (χ2v) is 4.44. The summed E-state index contributed by atoms with van der Waals surface area (Å²) in [7, 11) is 0. The first kappa shape index (κ1) is 14.3. The van der Waals surface area contributed by atoms with E-state index in [9.17, 15) is 10.1 Å². The van der Waals surface area contributed by atoms with E-state index < -0.39 is 4.92 Å². The number of halogens is 1. The van der Waals surface area contributed by atoms with Gasteiger partial charge in [-0.25, -0.2) is 0 Å². The molecule has 0 aliphatic rings. The third-order valence-corrected chi connectivity index (χ3v) is 3.01. The lowest BCUT2D eigenvalue weighted by Gasteiger charge is -2.07. The predicted octanol–water partition coefficient (Wildman–Crippen LogP) is 3.74. The maximum atomic E-state index is 10.9. The van der Waals surface area contributed by atoms with Gasteiger partial charge in [-0.3, -0.25) is 10.1 Å². The van der Waals surface area contributed by atoms with Gasteiger partial charge >= 0.3 is 0 Å². The molecule has 0 fully saturated rings. The molecule has 0 aliphatic heterocycles. The average Bonchev–Trinajstić information content (AvgIpc) is 2.47. The van der Waals surface area contributed by atoms with Crippen molar-refractivity contribution in [1.82, 2.24) is 0 Å². The van der Waals surface area contributed by atoms with Crippen LogP contribution in [0, 0.1) is 32.8 Å². The lowest BCUT2D eigenvalue weighted by molar-refractivity contribution is -0.385. The van der Waals surface area contributed by atoms with Gasteiger partial charge in [-0.2, -0.15) is 10.5 Å². The van der Waals surface area contributed by atoms with Crippen molar-refractivity contribution in [2.75, 3.05) is 5.32 Å². The van der Waals surface area contributed by atoms with Crippen molar-refractivity contribution in [1.29, 1.82) is 10.5 Å². The van der Waals surface area contributed by atoms with Gasteiger partial charge in [0.2, 0.25) is 0 Å². The van der Waals surface area contributed by atoms with E-state index in [1.165, 1.54) is 12.1 Å². The molecule has 0 aliphatic carbocycles. The second kappa shape index (κ2) is 5.91. The molecule has 2 aromatic rings. The summed E-state index contributed by atoms with van der Waals surface area (Å²) < 4.78 is 0. The molecule has 0 amide bonds. The molecule has 0 saturated carbocycles. The van der Waals surface area contributed by atoms with Crippen LogP contribution in [0.3, 0.4) is 0 Å². The van der Waals surface area contributed by atoms with Crippen molar-refractivity contribution in [2.45, 2.75) is 0 Å². The largest absolute Gasteiger partial charge is 0.355 e. The minimum absolute atomic E-state index is 0.0107. The molecule has 0 bridgehead atoms. The molecular formula is C14H7ClN4O2. The third-order valence-electron chi connectivity index (χ3n) is 2.69. The summed E-state index contributed by atoms with van der Waals surface area (Å²) in [5.74, 6) is 0. The Bertz CT molecular complexity index is 806. The first-order chi connectivity index (χ1) is 10.0. The molecule has 6 nitrogen and oxygen atoms in total. The molecule has 0 atom stereocenters. The number of nitrogens with zero attached hydrogens (tertiary/aromatic N) is 3. The number of hydrogen-bond donors (Lipinski definition) is 1. The zero-order chi connectivity index (χ0) is 15.4. The van der Waals surface area contributed by atoms with Crippen LogP contribution in [0.4, 0.5) is 17.1 Å². The van der Waals surface area contributed by atoms with Crippen LogP contribution in [0.2, 0.25) is 5.02 Å². The van der Waals surface area contributed by atoms with Crippen LogP contribution in [-0.2, 0) is 0 Å². The highest BCUT2D eigenvalue weighted by atomic mass is 35.5. The fourth-order valence-electron chi connectivity index (χ4n) is 1.71. The van der Waals surface area contributed by atoms with Crippen LogP contribution in [0.1, 0.15) is 11.1 Å². The number of hydrogen-bond acceptors (Lipinski definition) is 5. The summed E-state index contributed by atoms with van der Waals surface area (Å²) in [5, 5.41) is 31.7. The average molecular weight is 299 g/mol. The molecule has 7 heteroatoms. The monoisotopic (exact) mass is 298 g/mol. The van der Waals surface area contributed by atoms with Crippen LogP contribution in [0.15, 0.2) is 36.4 Å². The van der Waals surface area contributed by atoms with Gasteiger partial charge in [0.15, 0.2) is 0 Å². The van der Waals surface area contributed by atoms with Crippen LogP contribution >= 0.6 is 11.6 Å². The molecule has 2 aromatic carbocycles. The Morgan fingerprint density at radius 1 is 1.05 bits per heavy atom. The number of benzene rings is 2. The zero-order valence-electron chi connectivity index (χ0n) is 10.5. The van der Waals surface area contributed by atoms with E-state index in [4.69, 9.17) is 22.1 Å². The van der Waals surface area contributed by atoms with E-state index in [2.05, 4.69) is 5.32 Å². The molecule has 0 heterocycles. The van der Waals surface area contributed by atoms with Gasteiger partial charge in [-0.1, -0.05) is 11.6 Å². The fraction of sp³-hybridized carbons (Fsp3) is 0. The lowest BCUT2D eigenvalue weighted by Crippen LogP contribution is -1.96. The predicted molar refractivity (Wildman–Crippen MR) is 77.3 cm³/mol. The molecule has 102 valence electrons. The van der Waals surface area contributed by atoms with Crippen LogP contribution < -0.4 is 5.32 Å². The van der Waals surface area contributed by atoms with Gasteiger partial charge in [0.25, 0.3) is 5.69 Å². The molecule has 0 saturated heterocycles. The summed E-state index contributed by atoms with van der Waals surface area (Å²) in [6.07, 6.45) is 0. The van der Waals surface area contributed by atoms with E-state index in [0.29, 0.717) is 16.9 Å². The highest BCUT2D eigenvalue weighted by molar-refractivity contribution is 6.32. The van der Waals surface area contributed by atoms with Crippen LogP contribution in [0.5, 0.6) is 0 Å². The Hall–Kier alpha value is -3.09. The van der Waals surface area contributed by atoms with Gasteiger partial charge in [0.1, 0.15) is 17.7 Å². The SMILES string of the molecule is N#Cc1ccc(Nc2ccc(C#N)c([N+](=O)[O-])c2)cc1Cl. The fourth-order valence-corrected chi connectivity index (χ4v) is 1.93. The summed E-state index contributed by atoms with van der Waals surface area (Å²) in [4.78, 5) is 10.3. The lowest BCUT2D eigenvalue weighted by atomic mass is 10.1. The van der Waals surface area contributed by atoms with Crippen molar-refractivity contribution in [3.63, 3.8) is 0 Å². The standard InChI is InChI=1S/C14H7ClN4O2/c15-13-5-11(3-1-9(13)7-16)18-12-4-2-10(8-17)14(6-12)19(20)21/h1-6,18H. The van der Waals surface area contributed by atoms with Gasteiger partial charge in [-0.05, 0) is 30.3 Å². The Morgan fingerprint density at radius 2 is 1.62 bits per heavy atom. The highest BCUT2D eigenvalue weighted by Gasteiger charge is 2.14. The van der Waals surface area contributed by atoms with Gasteiger partial charge in [0, 0.05) is 17.4 Å². The van der Waals surface area contributed by atoms with Crippen LogP contribution in [-0.4, -0.2) is 4.92 Å². The molecule has 0 radical (unpaired) electrons. The Labute approximate surface area is 125 Å². The van der Waals surface area contributed by atoms with E-state index in [1.807, 2.05) is 6.07 Å². The first-order valence-corrected chi connectivity index (χ1v) is 6.08. The molecule has 1 N–H and O–H groups in total. The summed E-state index contributed by atoms with van der Waals surface area (Å²) in [6.45, 7) is 0. The van der Waals surface area contributed by atoms with E-state index >= 15 is 0 Å². The maximum absolute atomic E-state index is 10.9. The second-order valence-electron chi connectivity index (χ2n) is 4.03. The normalized spacial score (nSPS) is 9.48. The molecule has 2 rings (SSSR count). The van der Waals surface area contributed by atoms with Gasteiger partial charge < -0.3 is 5.32 Å². The van der Waals surface area contributed by atoms with Crippen molar-refractivity contribution in [3.05, 3.63) is 62.7 Å². The smallest absolute Gasteiger partial charge is 0.289 e. The molecule has 0 unspecified atom stereocenters. The Morgan fingerprint density at radius 3 is 2.14 bits per heavy atom. The maximum Gasteiger partial charge on any atom is 0.289 e. The van der Waals surface area contributed by atoms with Gasteiger partial charge in [-0.15, -0.1) is 0 Å². The van der Waals surface area contributed by atoms with E-state index in [-0.39, 0.29) is 16.3 Å².